The molecule has 0 aromatic heterocycles. The predicted molar refractivity (Wildman–Crippen MR) is 136 cm³/mol. The maximum absolute atomic E-state index is 12.7. The van der Waals surface area contributed by atoms with Gasteiger partial charge in [-0.05, 0) is 67.6 Å². The van der Waals surface area contributed by atoms with Crippen molar-refractivity contribution in [3.63, 3.8) is 0 Å². The van der Waals surface area contributed by atoms with E-state index in [2.05, 4.69) is 10.6 Å². The molecule has 0 bridgehead atoms. The molecule has 9 nitrogen and oxygen atoms in total. The summed E-state index contributed by atoms with van der Waals surface area (Å²) in [7, 11) is -0.784. The van der Waals surface area contributed by atoms with Crippen molar-refractivity contribution in [3.05, 3.63) is 72.3 Å². The van der Waals surface area contributed by atoms with Gasteiger partial charge in [0, 0.05) is 21.8 Å². The highest BCUT2D eigenvalue weighted by atomic mass is 32.2. The maximum atomic E-state index is 12.7. The van der Waals surface area contributed by atoms with Crippen LogP contribution in [0.2, 0.25) is 0 Å². The molecule has 2 amide bonds. The molecule has 0 saturated carbocycles. The van der Waals surface area contributed by atoms with Crippen LogP contribution in [0.5, 0.6) is 11.5 Å². The number of benzene rings is 3. The Bertz CT molecular complexity index is 1330. The summed E-state index contributed by atoms with van der Waals surface area (Å²) in [6.07, 6.45) is 0. The Morgan fingerprint density at radius 3 is 2.20 bits per heavy atom. The molecule has 3 aromatic carbocycles. The monoisotopic (exact) mass is 515 g/mol. The van der Waals surface area contributed by atoms with Gasteiger partial charge in [-0.1, -0.05) is 6.07 Å². The van der Waals surface area contributed by atoms with Crippen LogP contribution in [0, 0.1) is 0 Å². The van der Waals surface area contributed by atoms with E-state index in [4.69, 9.17) is 14.6 Å². The van der Waals surface area contributed by atoms with Crippen LogP contribution in [0.1, 0.15) is 17.3 Å². The molecule has 0 saturated heterocycles. The van der Waals surface area contributed by atoms with Gasteiger partial charge in [0.05, 0.1) is 24.4 Å². The van der Waals surface area contributed by atoms with E-state index in [9.17, 15) is 18.0 Å². The van der Waals surface area contributed by atoms with Gasteiger partial charge >= 0.3 is 0 Å². The van der Waals surface area contributed by atoms with Crippen molar-refractivity contribution in [1.29, 1.82) is 0 Å². The lowest BCUT2D eigenvalue weighted by molar-refractivity contribution is -0.115. The number of primary sulfonamides is 1. The number of hydrogen-bond acceptors (Lipinski definition) is 7. The molecule has 35 heavy (non-hydrogen) atoms. The van der Waals surface area contributed by atoms with Gasteiger partial charge in [0.2, 0.25) is 15.9 Å². The van der Waals surface area contributed by atoms with E-state index in [1.807, 2.05) is 6.07 Å². The highest BCUT2D eigenvalue weighted by molar-refractivity contribution is 8.00. The first-order chi connectivity index (χ1) is 16.6. The highest BCUT2D eigenvalue weighted by Crippen LogP contribution is 2.29. The summed E-state index contributed by atoms with van der Waals surface area (Å²) in [5, 5.41) is 10.2. The summed E-state index contributed by atoms with van der Waals surface area (Å²) in [5.74, 6) is 0.388. The zero-order valence-corrected chi connectivity index (χ0v) is 20.9. The molecule has 0 aliphatic rings. The first-order valence-electron chi connectivity index (χ1n) is 10.3. The van der Waals surface area contributed by atoms with Crippen molar-refractivity contribution < 1.29 is 27.5 Å². The van der Waals surface area contributed by atoms with Gasteiger partial charge in [-0.2, -0.15) is 0 Å². The van der Waals surface area contributed by atoms with Crippen molar-refractivity contribution >= 4 is 45.0 Å². The summed E-state index contributed by atoms with van der Waals surface area (Å²) in [5.41, 5.74) is 1.42. The second kappa shape index (κ2) is 11.3. The van der Waals surface area contributed by atoms with Crippen molar-refractivity contribution in [3.8, 4) is 11.5 Å². The number of rotatable bonds is 9. The zero-order valence-electron chi connectivity index (χ0n) is 19.3. The lowest BCUT2D eigenvalue weighted by Gasteiger charge is -2.14. The summed E-state index contributed by atoms with van der Waals surface area (Å²) in [4.78, 5) is 26.0. The molecule has 1 atom stereocenters. The van der Waals surface area contributed by atoms with Gasteiger partial charge in [0.1, 0.15) is 0 Å². The number of nitrogens with two attached hydrogens (primary N) is 1. The van der Waals surface area contributed by atoms with Crippen LogP contribution in [0.25, 0.3) is 0 Å². The van der Waals surface area contributed by atoms with Crippen LogP contribution >= 0.6 is 11.8 Å². The van der Waals surface area contributed by atoms with Gasteiger partial charge in [0.15, 0.2) is 11.5 Å². The zero-order chi connectivity index (χ0) is 25.6. The van der Waals surface area contributed by atoms with Crippen LogP contribution in [0.3, 0.4) is 0 Å². The van der Waals surface area contributed by atoms with Crippen molar-refractivity contribution in [1.82, 2.24) is 0 Å². The normalized spacial score (nSPS) is 11.9. The smallest absolute Gasteiger partial charge is 0.255 e. The van der Waals surface area contributed by atoms with Crippen LogP contribution in [-0.4, -0.2) is 39.7 Å². The van der Waals surface area contributed by atoms with Crippen LogP contribution < -0.4 is 25.2 Å². The average molecular weight is 516 g/mol. The van der Waals surface area contributed by atoms with Gasteiger partial charge in [0.25, 0.3) is 5.91 Å². The third-order valence-electron chi connectivity index (χ3n) is 4.87. The van der Waals surface area contributed by atoms with Crippen molar-refractivity contribution in [2.45, 2.75) is 22.0 Å². The summed E-state index contributed by atoms with van der Waals surface area (Å²) in [6.45, 7) is 1.74. The average Bonchev–Trinajstić information content (AvgIpc) is 2.83. The van der Waals surface area contributed by atoms with E-state index >= 15 is 0 Å². The number of thioether (sulfide) groups is 1. The predicted octanol–water partition coefficient (Wildman–Crippen LogP) is 3.72. The Hall–Kier alpha value is -3.54. The second-order valence-corrected chi connectivity index (χ2v) is 10.3. The maximum Gasteiger partial charge on any atom is 0.255 e. The largest absolute Gasteiger partial charge is 0.493 e. The van der Waals surface area contributed by atoms with E-state index < -0.39 is 15.3 Å². The topological polar surface area (TPSA) is 137 Å². The quantitative estimate of drug-likeness (QED) is 0.369. The van der Waals surface area contributed by atoms with Gasteiger partial charge < -0.3 is 20.1 Å². The fourth-order valence-electron chi connectivity index (χ4n) is 3.06. The number of amides is 2. The van der Waals surface area contributed by atoms with Crippen molar-refractivity contribution in [2.75, 3.05) is 24.9 Å². The van der Waals surface area contributed by atoms with Crippen LogP contribution in [0.4, 0.5) is 11.4 Å². The Morgan fingerprint density at radius 1 is 0.886 bits per heavy atom. The van der Waals surface area contributed by atoms with E-state index in [1.54, 1.807) is 43.3 Å². The summed E-state index contributed by atoms with van der Waals surface area (Å²) in [6, 6.07) is 17.6. The van der Waals surface area contributed by atoms with Crippen LogP contribution in [0.15, 0.2) is 76.5 Å². The number of hydrogen-bond donors (Lipinski definition) is 3. The number of nitrogens with one attached hydrogen (secondary N) is 2. The highest BCUT2D eigenvalue weighted by Gasteiger charge is 2.16. The number of sulfonamides is 1. The molecule has 0 spiro atoms. The fourth-order valence-corrected chi connectivity index (χ4v) is 4.50. The van der Waals surface area contributed by atoms with Crippen LogP contribution in [-0.2, 0) is 14.8 Å². The first kappa shape index (κ1) is 26.1. The molecule has 4 N–H and O–H groups in total. The Morgan fingerprint density at radius 2 is 1.57 bits per heavy atom. The Labute approximate surface area is 208 Å². The number of carbonyl (C=O) groups excluding carboxylic acids is 2. The molecule has 3 aromatic rings. The molecule has 0 radical (unpaired) electrons. The Balaban J connectivity index is 1.63. The summed E-state index contributed by atoms with van der Waals surface area (Å²) >= 11 is 1.31. The third kappa shape index (κ3) is 6.98. The molecule has 0 fully saturated rings. The molecule has 184 valence electrons. The minimum Gasteiger partial charge on any atom is -0.493 e. The number of methoxy groups -OCH3 is 2. The summed E-state index contributed by atoms with van der Waals surface area (Å²) < 4.78 is 33.2. The molecule has 0 aliphatic carbocycles. The van der Waals surface area contributed by atoms with E-state index in [1.165, 1.54) is 50.2 Å². The van der Waals surface area contributed by atoms with Gasteiger partial charge in [-0.25, -0.2) is 13.6 Å². The standard InChI is InChI=1S/C24H25N3O6S2/c1-15(23(28)26-17-8-10-20(11-9-17)35(25,30)31)34-19-6-4-5-18(14-19)27-24(29)16-7-12-21(32-2)22(13-16)33-3/h4-15H,1-3H3,(H,26,28)(H,27,29)(H2,25,30,31). The molecular weight excluding hydrogens is 490 g/mol. The minimum absolute atomic E-state index is 0.0372. The molecule has 0 aliphatic heterocycles. The van der Waals surface area contributed by atoms with Gasteiger partial charge in [-0.3, -0.25) is 9.59 Å². The van der Waals surface area contributed by atoms with E-state index in [-0.39, 0.29) is 16.7 Å². The molecule has 3 rings (SSSR count). The van der Waals surface area contributed by atoms with Gasteiger partial charge in [-0.15, -0.1) is 11.8 Å². The number of carbonyl (C=O) groups is 2. The first-order valence-corrected chi connectivity index (χ1v) is 12.8. The lowest BCUT2D eigenvalue weighted by atomic mass is 10.2. The molecule has 11 heteroatoms. The molecule has 0 heterocycles. The van der Waals surface area contributed by atoms with E-state index in [0.29, 0.717) is 28.4 Å². The lowest BCUT2D eigenvalue weighted by Crippen LogP contribution is -2.22. The SMILES string of the molecule is COc1ccc(C(=O)Nc2cccc(SC(C)C(=O)Nc3ccc(S(N)(=O)=O)cc3)c2)cc1OC. The Kier molecular flexibility index (Phi) is 8.39. The number of anilines is 2. The third-order valence-corrected chi connectivity index (χ3v) is 6.89. The number of ether oxygens (including phenoxy) is 2. The molecule has 1 unspecified atom stereocenters. The second-order valence-electron chi connectivity index (χ2n) is 7.37. The van der Waals surface area contributed by atoms with Crippen molar-refractivity contribution in [2.24, 2.45) is 5.14 Å². The minimum atomic E-state index is -3.80. The molecular formula is C24H25N3O6S2. The fraction of sp³-hybridized carbons (Fsp3) is 0.167. The van der Waals surface area contributed by atoms with E-state index in [0.717, 1.165) is 4.90 Å².